The van der Waals surface area contributed by atoms with Crippen LogP contribution in [0.3, 0.4) is 0 Å². The Morgan fingerprint density at radius 2 is 0.851 bits per heavy atom. The van der Waals surface area contributed by atoms with E-state index in [1.165, 1.54) is 0 Å². The normalized spacial score (nSPS) is 10.9. The van der Waals surface area contributed by atoms with Crippen LogP contribution in [0.25, 0.3) is 0 Å². The van der Waals surface area contributed by atoms with E-state index >= 15 is 0 Å². The summed E-state index contributed by atoms with van der Waals surface area (Å²) < 4.78 is 19.3. The zero-order chi connectivity index (χ0) is 33.1. The van der Waals surface area contributed by atoms with Gasteiger partial charge in [0.2, 0.25) is 0 Å². The second kappa shape index (κ2) is 14.6. The van der Waals surface area contributed by atoms with E-state index in [-0.39, 0.29) is 53.6 Å². The Balaban J connectivity index is 1.57. The van der Waals surface area contributed by atoms with Crippen LogP contribution < -0.4 is 9.47 Å². The molecule has 7 heteroatoms. The third kappa shape index (κ3) is 6.83. The van der Waals surface area contributed by atoms with Crippen molar-refractivity contribution >= 4 is 0 Å². The molecule has 0 atom stereocenters. The first kappa shape index (κ1) is 32.0. The van der Waals surface area contributed by atoms with Gasteiger partial charge < -0.3 is 14.2 Å². The van der Waals surface area contributed by atoms with Gasteiger partial charge in [-0.3, -0.25) is 0 Å². The van der Waals surface area contributed by atoms with Crippen molar-refractivity contribution in [1.29, 1.82) is 21.0 Å². The lowest BCUT2D eigenvalue weighted by molar-refractivity contribution is -0.0934. The van der Waals surface area contributed by atoms with Gasteiger partial charge >= 0.3 is 0 Å². The Labute approximate surface area is 274 Å². The Hall–Kier alpha value is -6.38. The summed E-state index contributed by atoms with van der Waals surface area (Å²) in [5.41, 5.74) is 1.80. The third-order valence-corrected chi connectivity index (χ3v) is 8.02. The Bertz CT molecular complexity index is 1830. The van der Waals surface area contributed by atoms with E-state index < -0.39 is 11.0 Å². The Morgan fingerprint density at radius 1 is 0.468 bits per heavy atom. The van der Waals surface area contributed by atoms with Gasteiger partial charge in [-0.25, -0.2) is 0 Å². The first-order valence-corrected chi connectivity index (χ1v) is 14.9. The van der Waals surface area contributed by atoms with Crippen molar-refractivity contribution < 1.29 is 14.2 Å². The first-order chi connectivity index (χ1) is 23.0. The van der Waals surface area contributed by atoms with Crippen LogP contribution in [0.5, 0.6) is 11.5 Å². The maximum absolute atomic E-state index is 9.81. The molecule has 0 radical (unpaired) electrons. The number of rotatable bonds is 12. The van der Waals surface area contributed by atoms with Gasteiger partial charge in [-0.1, -0.05) is 103 Å². The predicted molar refractivity (Wildman–Crippen MR) is 176 cm³/mol. The van der Waals surface area contributed by atoms with Crippen molar-refractivity contribution in [1.82, 2.24) is 0 Å². The molecule has 5 aromatic carbocycles. The monoisotopic (exact) mass is 614 g/mol. The number of nitrogens with zero attached hydrogens (tertiary/aromatic N) is 4. The van der Waals surface area contributed by atoms with E-state index in [0.29, 0.717) is 0 Å². The van der Waals surface area contributed by atoms with Gasteiger partial charge in [0.15, 0.2) is 0 Å². The number of hydrogen-bond donors (Lipinski definition) is 0. The molecule has 5 rings (SSSR count). The highest BCUT2D eigenvalue weighted by atomic mass is 16.6. The summed E-state index contributed by atoms with van der Waals surface area (Å²) in [5.74, 6) is 0.483. The Kier molecular flexibility index (Phi) is 9.95. The van der Waals surface area contributed by atoms with Crippen molar-refractivity contribution in [3.63, 3.8) is 0 Å². The quantitative estimate of drug-likeness (QED) is 0.134. The highest BCUT2D eigenvalue weighted by Crippen LogP contribution is 2.40. The molecule has 0 spiro atoms. The molecule has 0 aliphatic rings. The minimum Gasteiger partial charge on any atom is -0.489 e. The van der Waals surface area contributed by atoms with E-state index in [0.717, 1.165) is 16.7 Å². The summed E-state index contributed by atoms with van der Waals surface area (Å²) in [5, 5.41) is 38.7. The zero-order valence-electron chi connectivity index (χ0n) is 25.8. The molecule has 47 heavy (non-hydrogen) atoms. The van der Waals surface area contributed by atoms with Crippen LogP contribution in [0.15, 0.2) is 127 Å². The van der Waals surface area contributed by atoms with Crippen LogP contribution in [-0.2, 0) is 10.2 Å². The fraction of sp³-hybridized carbons (Fsp3) is 0.150. The summed E-state index contributed by atoms with van der Waals surface area (Å²) in [4.78, 5) is 0. The average molecular weight is 615 g/mol. The summed E-state index contributed by atoms with van der Waals surface area (Å²) >= 11 is 0. The van der Waals surface area contributed by atoms with Gasteiger partial charge in [-0.05, 0) is 47.9 Å². The summed E-state index contributed by atoms with van der Waals surface area (Å²) in [6.07, 6.45) is 0. The lowest BCUT2D eigenvalue weighted by atomic mass is 9.70. The lowest BCUT2D eigenvalue weighted by Crippen LogP contribution is -2.46. The molecule has 0 fully saturated rings. The average Bonchev–Trinajstić information content (AvgIpc) is 3.14. The van der Waals surface area contributed by atoms with Crippen LogP contribution in [0, 0.1) is 45.3 Å². The number of benzene rings is 5. The molecule has 0 aliphatic carbocycles. The Morgan fingerprint density at radius 3 is 1.19 bits per heavy atom. The van der Waals surface area contributed by atoms with Gasteiger partial charge in [0.1, 0.15) is 65.7 Å². The topological polar surface area (TPSA) is 123 Å². The van der Waals surface area contributed by atoms with Crippen LogP contribution in [0.4, 0.5) is 0 Å². The molecule has 0 heterocycles. The summed E-state index contributed by atoms with van der Waals surface area (Å²) in [6.45, 7) is 1.87. The first-order valence-electron chi connectivity index (χ1n) is 14.9. The number of nitriles is 4. The van der Waals surface area contributed by atoms with Gasteiger partial charge in [-0.15, -0.1) is 0 Å². The van der Waals surface area contributed by atoms with Crippen molar-refractivity contribution in [2.75, 3.05) is 19.8 Å². The zero-order valence-corrected chi connectivity index (χ0v) is 25.8. The van der Waals surface area contributed by atoms with Crippen LogP contribution in [0.2, 0.25) is 0 Å². The van der Waals surface area contributed by atoms with E-state index in [1.807, 2.05) is 73.7 Å². The van der Waals surface area contributed by atoms with Gasteiger partial charge in [0.25, 0.3) is 0 Å². The second-order valence-corrected chi connectivity index (χ2v) is 11.1. The second-order valence-electron chi connectivity index (χ2n) is 11.1. The fourth-order valence-electron chi connectivity index (χ4n) is 5.51. The third-order valence-electron chi connectivity index (χ3n) is 8.02. The lowest BCUT2D eigenvalue weighted by Gasteiger charge is -2.39. The molecule has 0 saturated heterocycles. The number of ether oxygens (including phenoxy) is 3. The summed E-state index contributed by atoms with van der Waals surface area (Å²) in [7, 11) is 0. The molecule has 0 N–H and O–H groups in total. The number of hydrogen-bond acceptors (Lipinski definition) is 7. The van der Waals surface area contributed by atoms with Gasteiger partial charge in [-0.2, -0.15) is 21.0 Å². The van der Waals surface area contributed by atoms with E-state index in [1.54, 1.807) is 36.4 Å². The minimum atomic E-state index is -1.16. The predicted octanol–water partition coefficient (Wildman–Crippen LogP) is 7.44. The fourth-order valence-corrected chi connectivity index (χ4v) is 5.51. The molecule has 0 unspecified atom stereocenters. The molecule has 0 bridgehead atoms. The molecule has 0 saturated carbocycles. The molecule has 0 aromatic heterocycles. The van der Waals surface area contributed by atoms with Gasteiger partial charge in [0.05, 0.1) is 23.1 Å². The smallest absolute Gasteiger partial charge is 0.138 e. The van der Waals surface area contributed by atoms with E-state index in [9.17, 15) is 21.0 Å². The molecule has 0 amide bonds. The molecule has 5 aromatic rings. The van der Waals surface area contributed by atoms with Crippen LogP contribution in [0.1, 0.15) is 45.9 Å². The standard InChI is InChI=1S/C40H30N4O3/c1-39(27-45-37-21-11-13-30(23-41)35(37)25-43,28-46-38-22-12-14-31(24-42)36(38)26-44)47-29-40(32-15-5-2-6-16-32,33-17-7-3-8-18-33)34-19-9-4-10-20-34/h2-22H,27-29H2,1H3. The van der Waals surface area contributed by atoms with Gasteiger partial charge in [0, 0.05) is 0 Å². The maximum atomic E-state index is 9.81. The highest BCUT2D eigenvalue weighted by Gasteiger charge is 2.40. The van der Waals surface area contributed by atoms with E-state index in [2.05, 4.69) is 48.5 Å². The maximum Gasteiger partial charge on any atom is 0.138 e. The summed E-state index contributed by atoms with van der Waals surface area (Å²) in [6, 6.07) is 48.3. The molecule has 0 aliphatic heterocycles. The van der Waals surface area contributed by atoms with Crippen molar-refractivity contribution in [3.05, 3.63) is 166 Å². The van der Waals surface area contributed by atoms with Crippen molar-refractivity contribution in [3.8, 4) is 35.8 Å². The van der Waals surface area contributed by atoms with Crippen molar-refractivity contribution in [2.24, 2.45) is 0 Å². The van der Waals surface area contributed by atoms with E-state index in [4.69, 9.17) is 14.2 Å². The highest BCUT2D eigenvalue weighted by molar-refractivity contribution is 5.55. The van der Waals surface area contributed by atoms with Crippen LogP contribution in [-0.4, -0.2) is 25.4 Å². The largest absolute Gasteiger partial charge is 0.489 e. The SMILES string of the molecule is CC(COc1cccc(C#N)c1C#N)(COc1cccc(C#N)c1C#N)OCC(c1ccccc1)(c1ccccc1)c1ccccc1. The molecular weight excluding hydrogens is 584 g/mol. The molecular formula is C40H30N4O3. The van der Waals surface area contributed by atoms with Crippen LogP contribution >= 0.6 is 0 Å². The van der Waals surface area contributed by atoms with Crippen molar-refractivity contribution in [2.45, 2.75) is 17.9 Å². The molecule has 7 nitrogen and oxygen atoms in total. The molecule has 228 valence electrons. The minimum absolute atomic E-state index is 0.0646.